The number of Topliss-reactive ketones (excluding diaryl/α,β-unsaturated/α-hetero) is 3. The maximum absolute atomic E-state index is 13.0. The van der Waals surface area contributed by atoms with Crippen LogP contribution in [-0.2, 0) is 14.4 Å². The van der Waals surface area contributed by atoms with Crippen LogP contribution in [0.5, 0.6) is 0 Å². The first-order valence-electron chi connectivity index (χ1n) is 11.9. The van der Waals surface area contributed by atoms with Crippen LogP contribution in [-0.4, -0.2) is 50.5 Å². The Kier molecular flexibility index (Phi) is 15.1. The van der Waals surface area contributed by atoms with Crippen molar-refractivity contribution in [2.45, 2.75) is 128 Å². The monoisotopic (exact) mass is 428 g/mol. The van der Waals surface area contributed by atoms with Gasteiger partial charge < -0.3 is 15.3 Å². The van der Waals surface area contributed by atoms with E-state index in [-0.39, 0.29) is 19.3 Å². The molecule has 0 fully saturated rings. The van der Waals surface area contributed by atoms with Crippen molar-refractivity contribution in [1.82, 2.24) is 0 Å². The third kappa shape index (κ3) is 8.20. The molecule has 0 spiro atoms. The highest BCUT2D eigenvalue weighted by atomic mass is 16.4. The summed E-state index contributed by atoms with van der Waals surface area (Å²) in [6, 6.07) is 0. The van der Waals surface area contributed by atoms with E-state index in [9.17, 15) is 29.7 Å². The smallest absolute Gasteiger partial charge is 0.219 e. The van der Waals surface area contributed by atoms with Crippen LogP contribution >= 0.6 is 0 Å². The van der Waals surface area contributed by atoms with E-state index >= 15 is 0 Å². The number of ketones is 3. The van der Waals surface area contributed by atoms with Crippen molar-refractivity contribution in [2.75, 3.05) is 6.61 Å². The lowest BCUT2D eigenvalue weighted by Gasteiger charge is -2.39. The molecule has 0 bridgehead atoms. The van der Waals surface area contributed by atoms with Crippen LogP contribution in [0.25, 0.3) is 0 Å². The number of hydrogen-bond donors (Lipinski definition) is 3. The Hall–Kier alpha value is -1.11. The standard InChI is InChI=1S/C24H44O6/c1-4-7-10-13-16-20(26)23(29,19-25)24(30,21(27)17-14-11-8-5-2)22(28)18-15-12-9-6-3/h25,29-30H,4-19H2,1-3H3. The lowest BCUT2D eigenvalue weighted by atomic mass is 9.71. The number of carbonyl (C=O) groups is 3. The highest BCUT2D eigenvalue weighted by molar-refractivity contribution is 6.16. The third-order valence-electron chi connectivity index (χ3n) is 5.87. The quantitative estimate of drug-likeness (QED) is 0.199. The lowest BCUT2D eigenvalue weighted by molar-refractivity contribution is -0.194. The molecule has 0 rings (SSSR count). The molecule has 6 heteroatoms. The molecule has 0 radical (unpaired) electrons. The highest BCUT2D eigenvalue weighted by Gasteiger charge is 2.62. The van der Waals surface area contributed by atoms with E-state index in [4.69, 9.17) is 0 Å². The summed E-state index contributed by atoms with van der Waals surface area (Å²) < 4.78 is 0. The van der Waals surface area contributed by atoms with Gasteiger partial charge in [-0.05, 0) is 19.3 Å². The molecule has 3 N–H and O–H groups in total. The molecule has 0 aromatic carbocycles. The molecular formula is C24H44O6. The second kappa shape index (κ2) is 15.7. The zero-order chi connectivity index (χ0) is 23.0. The number of rotatable bonds is 20. The summed E-state index contributed by atoms with van der Waals surface area (Å²) in [6.45, 7) is 4.93. The Labute approximate surface area is 182 Å². The largest absolute Gasteiger partial charge is 0.393 e. The molecule has 176 valence electrons. The molecular weight excluding hydrogens is 384 g/mol. The van der Waals surface area contributed by atoms with E-state index in [0.717, 1.165) is 57.8 Å². The Morgan fingerprint density at radius 3 is 1.20 bits per heavy atom. The molecule has 0 aromatic rings. The van der Waals surface area contributed by atoms with Crippen molar-refractivity contribution in [3.63, 3.8) is 0 Å². The van der Waals surface area contributed by atoms with Crippen molar-refractivity contribution in [1.29, 1.82) is 0 Å². The first kappa shape index (κ1) is 28.9. The van der Waals surface area contributed by atoms with Crippen molar-refractivity contribution in [3.05, 3.63) is 0 Å². The van der Waals surface area contributed by atoms with Crippen LogP contribution in [0.15, 0.2) is 0 Å². The summed E-state index contributed by atoms with van der Waals surface area (Å²) >= 11 is 0. The second-order valence-corrected chi connectivity index (χ2v) is 8.43. The SMILES string of the molecule is CCCCCCC(=O)C(O)(CO)C(O)(C(=O)CCCCCC)C(=O)CCCCCC. The fourth-order valence-electron chi connectivity index (χ4n) is 3.73. The van der Waals surface area contributed by atoms with Crippen molar-refractivity contribution in [2.24, 2.45) is 0 Å². The van der Waals surface area contributed by atoms with Crippen LogP contribution in [0, 0.1) is 0 Å². The van der Waals surface area contributed by atoms with Gasteiger partial charge in [0.05, 0.1) is 6.61 Å². The molecule has 0 aliphatic carbocycles. The number of aliphatic hydroxyl groups is 3. The normalized spacial score (nSPS) is 13.8. The van der Waals surface area contributed by atoms with Crippen molar-refractivity contribution >= 4 is 17.3 Å². The zero-order valence-corrected chi connectivity index (χ0v) is 19.4. The minimum Gasteiger partial charge on any atom is -0.393 e. The zero-order valence-electron chi connectivity index (χ0n) is 19.4. The number of hydrogen-bond acceptors (Lipinski definition) is 6. The van der Waals surface area contributed by atoms with E-state index in [1.165, 1.54) is 0 Å². The summed E-state index contributed by atoms with van der Waals surface area (Å²) in [5, 5.41) is 32.1. The van der Waals surface area contributed by atoms with Crippen molar-refractivity contribution < 1.29 is 29.7 Å². The fourth-order valence-corrected chi connectivity index (χ4v) is 3.73. The summed E-state index contributed by atoms with van der Waals surface area (Å²) in [5.74, 6) is -2.57. The van der Waals surface area contributed by atoms with Gasteiger partial charge in [-0.2, -0.15) is 0 Å². The van der Waals surface area contributed by atoms with E-state index in [1.54, 1.807) is 0 Å². The third-order valence-corrected chi connectivity index (χ3v) is 5.87. The van der Waals surface area contributed by atoms with Gasteiger partial charge in [0.25, 0.3) is 0 Å². The van der Waals surface area contributed by atoms with Crippen LogP contribution < -0.4 is 0 Å². The van der Waals surface area contributed by atoms with Gasteiger partial charge in [-0.15, -0.1) is 0 Å². The van der Waals surface area contributed by atoms with Gasteiger partial charge in [0.2, 0.25) is 5.60 Å². The minimum atomic E-state index is -2.89. The molecule has 0 saturated carbocycles. The second-order valence-electron chi connectivity index (χ2n) is 8.43. The average molecular weight is 429 g/mol. The van der Waals surface area contributed by atoms with Gasteiger partial charge in [-0.25, -0.2) is 0 Å². The first-order valence-corrected chi connectivity index (χ1v) is 11.9. The molecule has 0 aliphatic rings. The summed E-state index contributed by atoms with van der Waals surface area (Å²) in [7, 11) is 0. The lowest BCUT2D eigenvalue weighted by Crippen LogP contribution is -2.69. The molecule has 6 nitrogen and oxygen atoms in total. The number of carbonyl (C=O) groups excluding carboxylic acids is 3. The summed E-state index contributed by atoms with van der Waals surface area (Å²) in [4.78, 5) is 38.7. The van der Waals surface area contributed by atoms with Gasteiger partial charge in [0, 0.05) is 19.3 Å². The number of unbranched alkanes of at least 4 members (excludes halogenated alkanes) is 9. The summed E-state index contributed by atoms with van der Waals surface area (Å²) in [6.07, 6.45) is 9.00. The fraction of sp³-hybridized carbons (Fsp3) is 0.875. The topological polar surface area (TPSA) is 112 Å². The van der Waals surface area contributed by atoms with Crippen molar-refractivity contribution in [3.8, 4) is 0 Å². The Morgan fingerprint density at radius 2 is 0.900 bits per heavy atom. The van der Waals surface area contributed by atoms with Gasteiger partial charge in [0.1, 0.15) is 0 Å². The number of aliphatic hydroxyl groups excluding tert-OH is 1. The molecule has 1 atom stereocenters. The molecule has 0 aliphatic heterocycles. The maximum atomic E-state index is 13.0. The predicted octanol–water partition coefficient (Wildman–Crippen LogP) is 4.06. The average Bonchev–Trinajstić information content (AvgIpc) is 2.75. The molecule has 0 amide bonds. The maximum Gasteiger partial charge on any atom is 0.219 e. The van der Waals surface area contributed by atoms with Gasteiger partial charge in [-0.3, -0.25) is 14.4 Å². The van der Waals surface area contributed by atoms with E-state index in [0.29, 0.717) is 19.3 Å². The van der Waals surface area contributed by atoms with Crippen LogP contribution in [0.1, 0.15) is 117 Å². The molecule has 30 heavy (non-hydrogen) atoms. The molecule has 0 saturated heterocycles. The minimum absolute atomic E-state index is 0.0917. The van der Waals surface area contributed by atoms with E-state index < -0.39 is 35.2 Å². The van der Waals surface area contributed by atoms with E-state index in [1.807, 2.05) is 20.8 Å². The molecule has 1 unspecified atom stereocenters. The van der Waals surface area contributed by atoms with Gasteiger partial charge in [-0.1, -0.05) is 78.6 Å². The van der Waals surface area contributed by atoms with Crippen LogP contribution in [0.4, 0.5) is 0 Å². The first-order chi connectivity index (χ1) is 14.3. The summed E-state index contributed by atoms with van der Waals surface area (Å²) in [5.41, 5.74) is -5.68. The van der Waals surface area contributed by atoms with E-state index in [2.05, 4.69) is 0 Å². The Morgan fingerprint density at radius 1 is 0.567 bits per heavy atom. The van der Waals surface area contributed by atoms with Gasteiger partial charge >= 0.3 is 0 Å². The van der Waals surface area contributed by atoms with Gasteiger partial charge in [0.15, 0.2) is 23.0 Å². The Bertz CT molecular complexity index is 492. The molecule has 0 aromatic heterocycles. The molecule has 0 heterocycles. The van der Waals surface area contributed by atoms with Crippen LogP contribution in [0.3, 0.4) is 0 Å². The van der Waals surface area contributed by atoms with Crippen LogP contribution in [0.2, 0.25) is 0 Å². The highest BCUT2D eigenvalue weighted by Crippen LogP contribution is 2.31. The Balaban J connectivity index is 5.58. The predicted molar refractivity (Wildman–Crippen MR) is 118 cm³/mol.